The first-order valence-corrected chi connectivity index (χ1v) is 7.52. The fourth-order valence-corrected chi connectivity index (χ4v) is 2.54. The number of piperazine rings is 1. The molecular weight excluding hydrogens is 304 g/mol. The number of halogens is 1. The smallest absolute Gasteiger partial charge is 0.283 e. The Morgan fingerprint density at radius 3 is 2.91 bits per heavy atom. The Hall–Kier alpha value is -2.05. The lowest BCUT2D eigenvalue weighted by Crippen LogP contribution is -2.44. The van der Waals surface area contributed by atoms with Crippen molar-refractivity contribution in [3.8, 4) is 5.88 Å². The Kier molecular flexibility index (Phi) is 4.60. The summed E-state index contributed by atoms with van der Waals surface area (Å²) in [5.41, 5.74) is 0.930. The molecule has 2 aromatic rings. The highest BCUT2D eigenvalue weighted by Gasteiger charge is 2.16. The topological polar surface area (TPSA) is 64.3 Å². The third kappa shape index (κ3) is 3.78. The van der Waals surface area contributed by atoms with E-state index in [0.717, 1.165) is 36.5 Å². The molecule has 1 saturated heterocycles. The number of hydrogen-bond acceptors (Lipinski definition) is 5. The van der Waals surface area contributed by atoms with Gasteiger partial charge in [0.2, 0.25) is 12.4 Å². The number of benzene rings is 1. The molecule has 2 heterocycles. The van der Waals surface area contributed by atoms with Crippen LogP contribution in [0.3, 0.4) is 0 Å². The highest BCUT2D eigenvalue weighted by molar-refractivity contribution is 6.30. The maximum atomic E-state index is 11.8. The predicted octanol–water partition coefficient (Wildman–Crippen LogP) is 1.36. The van der Waals surface area contributed by atoms with Gasteiger partial charge in [0.05, 0.1) is 0 Å². The molecule has 1 aliphatic rings. The quantitative estimate of drug-likeness (QED) is 0.680. The van der Waals surface area contributed by atoms with Crippen LogP contribution in [-0.4, -0.2) is 31.2 Å². The van der Waals surface area contributed by atoms with E-state index in [1.807, 2.05) is 18.2 Å². The van der Waals surface area contributed by atoms with Crippen LogP contribution in [0.2, 0.25) is 5.02 Å². The van der Waals surface area contributed by atoms with Crippen LogP contribution in [0.4, 0.5) is 5.82 Å². The Bertz CT molecular complexity index is 647. The van der Waals surface area contributed by atoms with E-state index in [1.165, 1.54) is 12.4 Å². The first-order chi connectivity index (χ1) is 10.7. The number of hydrogen-bond donors (Lipinski definition) is 1. The fourth-order valence-electron chi connectivity index (χ4n) is 2.33. The molecule has 6 nitrogen and oxygen atoms in total. The third-order valence-corrected chi connectivity index (χ3v) is 3.66. The van der Waals surface area contributed by atoms with Gasteiger partial charge in [0.25, 0.3) is 5.88 Å². The van der Waals surface area contributed by atoms with Gasteiger partial charge in [0.1, 0.15) is 6.61 Å². The van der Waals surface area contributed by atoms with E-state index >= 15 is 0 Å². The molecule has 0 radical (unpaired) electrons. The van der Waals surface area contributed by atoms with E-state index in [1.54, 1.807) is 6.07 Å². The number of anilines is 1. The monoisotopic (exact) mass is 320 g/mol. The maximum absolute atomic E-state index is 11.8. The number of ether oxygens (including phenoxy) is 1. The van der Waals surface area contributed by atoms with Gasteiger partial charge in [-0.2, -0.15) is 9.71 Å². The van der Waals surface area contributed by atoms with Crippen LogP contribution in [0.15, 0.2) is 36.7 Å². The normalized spacial score (nSPS) is 14.9. The highest BCUT2D eigenvalue weighted by atomic mass is 35.5. The molecule has 0 aliphatic carbocycles. The fraction of sp³-hybridized carbons (Fsp3) is 0.333. The summed E-state index contributed by atoms with van der Waals surface area (Å²) in [6, 6.07) is 7.41. The van der Waals surface area contributed by atoms with Crippen molar-refractivity contribution >= 4 is 17.4 Å². The largest absolute Gasteiger partial charge is 0.618 e. The zero-order valence-electron chi connectivity index (χ0n) is 12.0. The molecule has 0 atom stereocenters. The minimum absolute atomic E-state index is 0.311. The molecule has 1 aliphatic heterocycles. The van der Waals surface area contributed by atoms with Gasteiger partial charge in [-0.15, -0.1) is 0 Å². The van der Waals surface area contributed by atoms with Crippen LogP contribution in [0.25, 0.3) is 0 Å². The van der Waals surface area contributed by atoms with E-state index in [0.29, 0.717) is 23.3 Å². The molecule has 0 unspecified atom stereocenters. The molecule has 0 saturated carbocycles. The van der Waals surface area contributed by atoms with E-state index in [9.17, 15) is 5.21 Å². The van der Waals surface area contributed by atoms with E-state index in [-0.39, 0.29) is 0 Å². The molecule has 7 heteroatoms. The number of nitrogens with zero attached hydrogens (tertiary/aromatic N) is 3. The summed E-state index contributed by atoms with van der Waals surface area (Å²) < 4.78 is 6.36. The second-order valence-corrected chi connectivity index (χ2v) is 5.52. The lowest BCUT2D eigenvalue weighted by molar-refractivity contribution is -0.605. The van der Waals surface area contributed by atoms with Gasteiger partial charge in [-0.25, -0.2) is 0 Å². The summed E-state index contributed by atoms with van der Waals surface area (Å²) in [6.07, 6.45) is 2.80. The Labute approximate surface area is 133 Å². The van der Waals surface area contributed by atoms with Crippen LogP contribution in [0.1, 0.15) is 5.56 Å². The van der Waals surface area contributed by atoms with Gasteiger partial charge < -0.3 is 20.2 Å². The maximum Gasteiger partial charge on any atom is 0.283 e. The van der Waals surface area contributed by atoms with Gasteiger partial charge in [0.15, 0.2) is 5.82 Å². The zero-order valence-corrected chi connectivity index (χ0v) is 12.8. The van der Waals surface area contributed by atoms with Gasteiger partial charge in [-0.1, -0.05) is 23.7 Å². The third-order valence-electron chi connectivity index (χ3n) is 3.42. The summed E-state index contributed by atoms with van der Waals surface area (Å²) in [7, 11) is 0. The van der Waals surface area contributed by atoms with Crippen molar-refractivity contribution in [3.05, 3.63) is 52.5 Å². The van der Waals surface area contributed by atoms with E-state index < -0.39 is 0 Å². The van der Waals surface area contributed by atoms with Gasteiger partial charge in [0, 0.05) is 31.2 Å². The van der Waals surface area contributed by atoms with Crippen LogP contribution in [0.5, 0.6) is 5.88 Å². The van der Waals surface area contributed by atoms with Gasteiger partial charge >= 0.3 is 0 Å². The summed E-state index contributed by atoms with van der Waals surface area (Å²) >= 11 is 5.94. The Balaban J connectivity index is 1.71. The van der Waals surface area contributed by atoms with Crippen LogP contribution in [0, 0.1) is 5.21 Å². The minimum atomic E-state index is 0.311. The first kappa shape index (κ1) is 14.9. The van der Waals surface area contributed by atoms with Crippen molar-refractivity contribution in [1.82, 2.24) is 10.3 Å². The summed E-state index contributed by atoms with van der Waals surface area (Å²) in [5.74, 6) is 0.950. The average Bonchev–Trinajstić information content (AvgIpc) is 2.53. The van der Waals surface area contributed by atoms with Crippen LogP contribution < -0.4 is 19.7 Å². The standard InChI is InChI=1S/C15H17ClN4O2/c16-13-3-1-2-12(8-13)11-22-15-10-20(21)9-14(18-15)19-6-4-17-5-7-19/h1-3,8-10,17H,4-7,11H2. The van der Waals surface area contributed by atoms with E-state index in [4.69, 9.17) is 16.3 Å². The number of aromatic nitrogens is 2. The molecule has 1 N–H and O–H groups in total. The predicted molar refractivity (Wildman–Crippen MR) is 84.1 cm³/mol. The molecule has 1 fully saturated rings. The summed E-state index contributed by atoms with van der Waals surface area (Å²) in [5, 5.41) is 15.7. The highest BCUT2D eigenvalue weighted by Crippen LogP contribution is 2.16. The van der Waals surface area contributed by atoms with Crippen LogP contribution >= 0.6 is 11.6 Å². The Morgan fingerprint density at radius 2 is 2.14 bits per heavy atom. The van der Waals surface area contributed by atoms with E-state index in [2.05, 4.69) is 15.2 Å². The van der Waals surface area contributed by atoms with Gasteiger partial charge in [-0.05, 0) is 17.7 Å². The minimum Gasteiger partial charge on any atom is -0.618 e. The molecule has 0 spiro atoms. The van der Waals surface area contributed by atoms with Crippen LogP contribution in [-0.2, 0) is 6.61 Å². The molecular formula is C15H17ClN4O2. The van der Waals surface area contributed by atoms with Crippen molar-refractivity contribution in [2.75, 3.05) is 31.1 Å². The van der Waals surface area contributed by atoms with Crippen molar-refractivity contribution in [2.45, 2.75) is 6.61 Å². The van der Waals surface area contributed by atoms with Crippen molar-refractivity contribution in [1.29, 1.82) is 0 Å². The molecule has 3 rings (SSSR count). The molecule has 1 aromatic heterocycles. The number of nitrogens with one attached hydrogen (secondary N) is 1. The Morgan fingerprint density at radius 1 is 1.32 bits per heavy atom. The summed E-state index contributed by atoms with van der Waals surface area (Å²) in [4.78, 5) is 6.48. The lowest BCUT2D eigenvalue weighted by Gasteiger charge is -2.27. The van der Waals surface area contributed by atoms with Crippen molar-refractivity contribution in [2.24, 2.45) is 0 Å². The second-order valence-electron chi connectivity index (χ2n) is 5.08. The SMILES string of the molecule is [O-][n+]1cc(OCc2cccc(Cl)c2)nc(N2CCNCC2)c1. The van der Waals surface area contributed by atoms with Gasteiger partial charge in [-0.3, -0.25) is 0 Å². The molecule has 116 valence electrons. The molecule has 0 amide bonds. The lowest BCUT2D eigenvalue weighted by atomic mass is 10.2. The number of rotatable bonds is 4. The zero-order chi connectivity index (χ0) is 15.4. The first-order valence-electron chi connectivity index (χ1n) is 7.14. The molecule has 1 aromatic carbocycles. The van der Waals surface area contributed by atoms with Crippen molar-refractivity contribution in [3.63, 3.8) is 0 Å². The second kappa shape index (κ2) is 6.81. The molecule has 0 bridgehead atoms. The van der Waals surface area contributed by atoms with Crippen molar-refractivity contribution < 1.29 is 9.47 Å². The average molecular weight is 321 g/mol. The summed E-state index contributed by atoms with van der Waals surface area (Å²) in [6.45, 7) is 3.73. The molecule has 22 heavy (non-hydrogen) atoms.